The molecule has 232 valence electrons. The van der Waals surface area contributed by atoms with Crippen LogP contribution in [0.3, 0.4) is 0 Å². The van der Waals surface area contributed by atoms with Crippen LogP contribution >= 0.6 is 0 Å². The van der Waals surface area contributed by atoms with Crippen molar-refractivity contribution in [3.05, 3.63) is 119 Å². The monoisotopic (exact) mass is 614 g/mol. The zero-order valence-electron chi connectivity index (χ0n) is 26.2. The second kappa shape index (κ2) is 13.8. The lowest BCUT2D eigenvalue weighted by Crippen LogP contribution is -2.43. The molecule has 1 aliphatic heterocycles. The highest BCUT2D eigenvalue weighted by Crippen LogP contribution is 2.33. The van der Waals surface area contributed by atoms with Crippen molar-refractivity contribution in [2.45, 2.75) is 20.3 Å². The Labute approximate surface area is 268 Å². The number of para-hydroxylation sites is 1. The second-order valence-corrected chi connectivity index (χ2v) is 10.7. The summed E-state index contributed by atoms with van der Waals surface area (Å²) in [5, 5.41) is 14.9. The van der Waals surface area contributed by atoms with Gasteiger partial charge in [-0.15, -0.1) is 0 Å². The molecule has 0 saturated heterocycles. The maximum Gasteiger partial charge on any atom is 0.271 e. The standard InChI is InChI=1S/C37H34N4O5/c1-6-18-46-32-15-13-27(19-24(32)2)35-28(23-41(39-35)29-10-8-7-9-11-29)21-30-25(3)31(22-38)37(43)40(36(30)42)17-16-26-12-14-33(44-4)34(20-26)45-5/h6-15,19-21,23H,1,16-18H2,2-5H3/b30-21+. The first-order valence-corrected chi connectivity index (χ1v) is 14.7. The number of aryl methyl sites for hydroxylation is 1. The van der Waals surface area contributed by atoms with Crippen molar-refractivity contribution in [2.75, 3.05) is 27.4 Å². The van der Waals surface area contributed by atoms with E-state index < -0.39 is 11.8 Å². The number of methoxy groups -OCH3 is 2. The number of nitrogens with zero attached hydrogens (tertiary/aromatic N) is 4. The minimum Gasteiger partial charge on any atom is -0.493 e. The van der Waals surface area contributed by atoms with Crippen LogP contribution < -0.4 is 14.2 Å². The third kappa shape index (κ3) is 6.33. The Morgan fingerprint density at radius 3 is 2.35 bits per heavy atom. The lowest BCUT2D eigenvalue weighted by molar-refractivity contribution is -0.140. The number of carbonyl (C=O) groups is 2. The molecule has 5 rings (SSSR count). The number of imide groups is 1. The number of benzene rings is 3. The molecule has 46 heavy (non-hydrogen) atoms. The minimum absolute atomic E-state index is 0.0739. The van der Waals surface area contributed by atoms with Crippen LogP contribution in [0.2, 0.25) is 0 Å². The van der Waals surface area contributed by atoms with Gasteiger partial charge in [0.15, 0.2) is 11.5 Å². The highest BCUT2D eigenvalue weighted by Gasteiger charge is 2.35. The van der Waals surface area contributed by atoms with Crippen molar-refractivity contribution >= 4 is 17.9 Å². The van der Waals surface area contributed by atoms with Crippen LogP contribution in [0.5, 0.6) is 17.2 Å². The zero-order valence-corrected chi connectivity index (χ0v) is 26.2. The lowest BCUT2D eigenvalue weighted by Gasteiger charge is -2.27. The van der Waals surface area contributed by atoms with Gasteiger partial charge in [0.1, 0.15) is 24.0 Å². The van der Waals surface area contributed by atoms with Crippen molar-refractivity contribution in [3.8, 4) is 40.3 Å². The van der Waals surface area contributed by atoms with E-state index in [4.69, 9.17) is 19.3 Å². The van der Waals surface area contributed by atoms with Gasteiger partial charge < -0.3 is 14.2 Å². The third-order valence-electron chi connectivity index (χ3n) is 7.77. The summed E-state index contributed by atoms with van der Waals surface area (Å²) in [5.74, 6) is 0.754. The largest absolute Gasteiger partial charge is 0.493 e. The Kier molecular flexibility index (Phi) is 9.48. The Morgan fingerprint density at radius 1 is 0.935 bits per heavy atom. The summed E-state index contributed by atoms with van der Waals surface area (Å²) in [4.78, 5) is 28.5. The Balaban J connectivity index is 1.56. The number of ether oxygens (including phenoxy) is 3. The molecule has 0 spiro atoms. The SMILES string of the molecule is C=CCOc1ccc(-c2nn(-c3ccccc3)cc2/C=C2/C(=O)N(CCc3ccc(OC)c(OC)c3)C(=O)C(C#N)=C2C)cc1C. The predicted octanol–water partition coefficient (Wildman–Crippen LogP) is 6.26. The predicted molar refractivity (Wildman–Crippen MR) is 176 cm³/mol. The van der Waals surface area contributed by atoms with Crippen LogP contribution in [-0.4, -0.2) is 53.9 Å². The number of aromatic nitrogens is 2. The van der Waals surface area contributed by atoms with E-state index in [0.29, 0.717) is 41.4 Å². The average Bonchev–Trinajstić information content (AvgIpc) is 3.50. The summed E-state index contributed by atoms with van der Waals surface area (Å²) in [6.07, 6.45) is 5.60. The summed E-state index contributed by atoms with van der Waals surface area (Å²) in [5.41, 5.74) is 5.18. The van der Waals surface area contributed by atoms with E-state index in [9.17, 15) is 14.9 Å². The number of carbonyl (C=O) groups excluding carboxylic acids is 2. The second-order valence-electron chi connectivity index (χ2n) is 10.7. The van der Waals surface area contributed by atoms with Crippen LogP contribution in [0.25, 0.3) is 23.0 Å². The van der Waals surface area contributed by atoms with Crippen LogP contribution in [0.4, 0.5) is 0 Å². The molecule has 0 unspecified atom stereocenters. The lowest BCUT2D eigenvalue weighted by atomic mass is 9.93. The fraction of sp³-hybridized carbons (Fsp3) is 0.189. The molecule has 0 radical (unpaired) electrons. The van der Waals surface area contributed by atoms with Gasteiger partial charge in [0.2, 0.25) is 0 Å². The molecule has 1 aliphatic rings. The number of rotatable bonds is 11. The zero-order chi connectivity index (χ0) is 32.8. The van der Waals surface area contributed by atoms with Gasteiger partial charge in [-0.05, 0) is 85.5 Å². The molecule has 0 N–H and O–H groups in total. The molecule has 0 fully saturated rings. The molecule has 0 aliphatic carbocycles. The van der Waals surface area contributed by atoms with E-state index in [0.717, 1.165) is 33.0 Å². The van der Waals surface area contributed by atoms with Crippen molar-refractivity contribution < 1.29 is 23.8 Å². The number of amides is 2. The molecule has 0 saturated carbocycles. The van der Waals surface area contributed by atoms with E-state index in [1.165, 1.54) is 0 Å². The van der Waals surface area contributed by atoms with Gasteiger partial charge in [0.05, 0.1) is 25.6 Å². The van der Waals surface area contributed by atoms with Gasteiger partial charge in [-0.3, -0.25) is 14.5 Å². The summed E-state index contributed by atoms with van der Waals surface area (Å²) < 4.78 is 18.2. The fourth-order valence-corrected chi connectivity index (χ4v) is 5.30. The summed E-state index contributed by atoms with van der Waals surface area (Å²) in [6, 6.07) is 22.9. The first-order chi connectivity index (χ1) is 22.3. The summed E-state index contributed by atoms with van der Waals surface area (Å²) in [6.45, 7) is 7.75. The molecule has 4 aromatic rings. The van der Waals surface area contributed by atoms with Gasteiger partial charge in [-0.1, -0.05) is 36.9 Å². The van der Waals surface area contributed by atoms with E-state index in [2.05, 4.69) is 6.58 Å². The number of hydrogen-bond acceptors (Lipinski definition) is 7. The fourth-order valence-electron chi connectivity index (χ4n) is 5.30. The van der Waals surface area contributed by atoms with Crippen LogP contribution in [-0.2, 0) is 16.0 Å². The van der Waals surface area contributed by atoms with Gasteiger partial charge in [-0.2, -0.15) is 10.4 Å². The topological polar surface area (TPSA) is 107 Å². The Bertz CT molecular complexity index is 1910. The highest BCUT2D eigenvalue weighted by molar-refractivity contribution is 6.19. The molecule has 1 aromatic heterocycles. The maximum absolute atomic E-state index is 14.0. The van der Waals surface area contributed by atoms with E-state index in [-0.39, 0.29) is 17.7 Å². The maximum atomic E-state index is 14.0. The molecule has 2 amide bonds. The molecular formula is C37H34N4O5. The number of hydrogen-bond donors (Lipinski definition) is 0. The summed E-state index contributed by atoms with van der Waals surface area (Å²) >= 11 is 0. The Morgan fingerprint density at radius 2 is 1.67 bits per heavy atom. The van der Waals surface area contributed by atoms with Gasteiger partial charge in [0, 0.05) is 29.4 Å². The first-order valence-electron chi connectivity index (χ1n) is 14.7. The Hall–Kier alpha value is -5.88. The normalized spacial score (nSPS) is 14.0. The smallest absolute Gasteiger partial charge is 0.271 e. The molecule has 9 nitrogen and oxygen atoms in total. The number of nitriles is 1. The van der Waals surface area contributed by atoms with E-state index in [1.54, 1.807) is 50.1 Å². The molecular weight excluding hydrogens is 580 g/mol. The average molecular weight is 615 g/mol. The first kappa shape index (κ1) is 31.5. The van der Waals surface area contributed by atoms with Crippen LogP contribution in [0, 0.1) is 18.3 Å². The summed E-state index contributed by atoms with van der Waals surface area (Å²) in [7, 11) is 3.10. The van der Waals surface area contributed by atoms with Crippen molar-refractivity contribution in [3.63, 3.8) is 0 Å². The van der Waals surface area contributed by atoms with Crippen molar-refractivity contribution in [2.24, 2.45) is 0 Å². The molecule has 9 heteroatoms. The van der Waals surface area contributed by atoms with E-state index in [1.807, 2.05) is 73.8 Å². The van der Waals surface area contributed by atoms with Gasteiger partial charge >= 0.3 is 0 Å². The van der Waals surface area contributed by atoms with Crippen LogP contribution in [0.15, 0.2) is 102 Å². The third-order valence-corrected chi connectivity index (χ3v) is 7.77. The van der Waals surface area contributed by atoms with Crippen molar-refractivity contribution in [1.82, 2.24) is 14.7 Å². The van der Waals surface area contributed by atoms with E-state index >= 15 is 0 Å². The quantitative estimate of drug-likeness (QED) is 0.111. The minimum atomic E-state index is -0.617. The van der Waals surface area contributed by atoms with Crippen molar-refractivity contribution in [1.29, 1.82) is 5.26 Å². The van der Waals surface area contributed by atoms with Crippen LogP contribution in [0.1, 0.15) is 23.6 Å². The molecule has 2 heterocycles. The highest BCUT2D eigenvalue weighted by atomic mass is 16.5. The molecule has 0 atom stereocenters. The van der Waals surface area contributed by atoms with Gasteiger partial charge in [-0.25, -0.2) is 4.68 Å². The van der Waals surface area contributed by atoms with Gasteiger partial charge in [0.25, 0.3) is 11.8 Å². The molecule has 0 bridgehead atoms. The molecule has 3 aromatic carbocycles.